The lowest BCUT2D eigenvalue weighted by molar-refractivity contribution is -0.118. The van der Waals surface area contributed by atoms with Crippen LogP contribution in [0.3, 0.4) is 0 Å². The van der Waals surface area contributed by atoms with Gasteiger partial charge in [-0.2, -0.15) is 0 Å². The lowest BCUT2D eigenvalue weighted by atomic mass is 9.78. The Bertz CT molecular complexity index is 531. The van der Waals surface area contributed by atoms with Gasteiger partial charge in [0.05, 0.1) is 12.3 Å². The number of hydrogen-bond donors (Lipinski definition) is 2. The van der Waals surface area contributed by atoms with E-state index in [0.717, 1.165) is 5.56 Å². The average molecular weight is 263 g/mol. The van der Waals surface area contributed by atoms with Crippen molar-refractivity contribution in [2.75, 3.05) is 11.9 Å². The molecule has 2 N–H and O–H groups in total. The summed E-state index contributed by atoms with van der Waals surface area (Å²) in [7, 11) is -1.10. The van der Waals surface area contributed by atoms with Gasteiger partial charge in [0.2, 0.25) is 5.91 Å². The van der Waals surface area contributed by atoms with Crippen molar-refractivity contribution in [2.45, 2.75) is 20.5 Å². The van der Waals surface area contributed by atoms with Crippen LogP contribution in [0.15, 0.2) is 12.1 Å². The summed E-state index contributed by atoms with van der Waals surface area (Å²) in [5.74, 6) is -0.0834. The number of carbonyl (C=O) groups is 2. The van der Waals surface area contributed by atoms with Crippen LogP contribution in [0.4, 0.5) is 5.69 Å². The monoisotopic (exact) mass is 263 g/mol. The third-order valence-corrected chi connectivity index (χ3v) is 2.67. The van der Waals surface area contributed by atoms with Gasteiger partial charge in [-0.1, -0.05) is 6.07 Å². The largest absolute Gasteiger partial charge is 0.494 e. The number of hydrogen-bond acceptors (Lipinski definition) is 5. The quantitative estimate of drug-likeness (QED) is 0.737. The molecule has 0 saturated carbocycles. The molecule has 2 rings (SSSR count). The van der Waals surface area contributed by atoms with Gasteiger partial charge in [0, 0.05) is 12.4 Å². The number of carbonyl (C=O) groups excluding carboxylic acids is 2. The maximum atomic E-state index is 11.3. The van der Waals surface area contributed by atoms with Gasteiger partial charge in [0.25, 0.3) is 0 Å². The van der Waals surface area contributed by atoms with Crippen molar-refractivity contribution in [1.82, 2.24) is 0 Å². The van der Waals surface area contributed by atoms with E-state index in [1.165, 1.54) is 13.8 Å². The Labute approximate surface area is 110 Å². The first-order valence-electron chi connectivity index (χ1n) is 5.84. The maximum Gasteiger partial charge on any atom is 0.494 e. The van der Waals surface area contributed by atoms with Crippen LogP contribution in [-0.2, 0) is 20.9 Å². The number of rotatable bonds is 4. The molecule has 0 bridgehead atoms. The lowest BCUT2D eigenvalue weighted by Gasteiger charge is -2.15. The summed E-state index contributed by atoms with van der Waals surface area (Å²) in [6.07, 6.45) is 0. The molecule has 1 amide bonds. The summed E-state index contributed by atoms with van der Waals surface area (Å²) in [6.45, 7) is 2.94. The van der Waals surface area contributed by atoms with E-state index in [1.54, 1.807) is 12.1 Å². The van der Waals surface area contributed by atoms with Crippen LogP contribution in [0.2, 0.25) is 0 Å². The minimum Gasteiger partial charge on any atom is -0.484 e. The molecule has 100 valence electrons. The van der Waals surface area contributed by atoms with Crippen molar-refractivity contribution >= 4 is 30.0 Å². The highest BCUT2D eigenvalue weighted by molar-refractivity contribution is 6.63. The number of fused-ring (bicyclic) bond motifs is 1. The van der Waals surface area contributed by atoms with Crippen molar-refractivity contribution in [3.05, 3.63) is 17.7 Å². The van der Waals surface area contributed by atoms with E-state index >= 15 is 0 Å². The van der Waals surface area contributed by atoms with E-state index in [4.69, 9.17) is 9.39 Å². The lowest BCUT2D eigenvalue weighted by Crippen LogP contribution is -2.32. The van der Waals surface area contributed by atoms with E-state index in [9.17, 15) is 14.6 Å². The van der Waals surface area contributed by atoms with E-state index in [-0.39, 0.29) is 24.9 Å². The van der Waals surface area contributed by atoms with E-state index in [0.29, 0.717) is 16.9 Å². The van der Waals surface area contributed by atoms with E-state index in [1.807, 2.05) is 0 Å². The molecule has 6 nitrogen and oxygen atoms in total. The molecular weight excluding hydrogens is 249 g/mol. The molecule has 1 aromatic rings. The predicted molar refractivity (Wildman–Crippen MR) is 69.3 cm³/mol. The Morgan fingerprint density at radius 1 is 1.47 bits per heavy atom. The molecule has 1 aliphatic rings. The van der Waals surface area contributed by atoms with Crippen LogP contribution < -0.4 is 15.5 Å². The second-order valence-electron chi connectivity index (χ2n) is 4.35. The zero-order valence-corrected chi connectivity index (χ0v) is 10.7. The Morgan fingerprint density at radius 3 is 2.84 bits per heavy atom. The summed E-state index contributed by atoms with van der Waals surface area (Å²) in [4.78, 5) is 22.2. The number of Topliss-reactive ketones (excluding diaryl/α,β-unsaturated/α-hetero) is 1. The Morgan fingerprint density at radius 2 is 2.21 bits per heavy atom. The van der Waals surface area contributed by atoms with Gasteiger partial charge in [-0.3, -0.25) is 9.59 Å². The van der Waals surface area contributed by atoms with Gasteiger partial charge in [-0.05, 0) is 18.6 Å². The Balaban J connectivity index is 2.39. The summed E-state index contributed by atoms with van der Waals surface area (Å²) >= 11 is 0. The van der Waals surface area contributed by atoms with Gasteiger partial charge >= 0.3 is 7.12 Å². The SMILES string of the molecule is CC(=O)COc1ccc2c(c1NC(C)=O)B(O)OC2. The molecule has 1 heterocycles. The van der Waals surface area contributed by atoms with Crippen molar-refractivity contribution in [1.29, 1.82) is 0 Å². The fourth-order valence-electron chi connectivity index (χ4n) is 1.91. The molecular formula is C12H14BNO5. The summed E-state index contributed by atoms with van der Waals surface area (Å²) in [5.41, 5.74) is 1.62. The fourth-order valence-corrected chi connectivity index (χ4v) is 1.91. The average Bonchev–Trinajstić information content (AvgIpc) is 2.69. The summed E-state index contributed by atoms with van der Waals surface area (Å²) in [6, 6.07) is 3.39. The number of ether oxygens (including phenoxy) is 1. The van der Waals surface area contributed by atoms with Crippen molar-refractivity contribution in [3.63, 3.8) is 0 Å². The van der Waals surface area contributed by atoms with Crippen LogP contribution in [0.5, 0.6) is 5.75 Å². The molecule has 7 heteroatoms. The number of ketones is 1. The van der Waals surface area contributed by atoms with Gasteiger partial charge in [-0.15, -0.1) is 0 Å². The highest BCUT2D eigenvalue weighted by Gasteiger charge is 2.32. The molecule has 0 fully saturated rings. The summed E-state index contributed by atoms with van der Waals surface area (Å²) < 4.78 is 10.4. The highest BCUT2D eigenvalue weighted by atomic mass is 16.5. The van der Waals surface area contributed by atoms with Gasteiger partial charge in [0.1, 0.15) is 12.4 Å². The van der Waals surface area contributed by atoms with Crippen LogP contribution in [0.25, 0.3) is 0 Å². The number of nitrogens with one attached hydrogen (secondary N) is 1. The zero-order chi connectivity index (χ0) is 14.0. The number of benzene rings is 1. The smallest absolute Gasteiger partial charge is 0.484 e. The fraction of sp³-hybridized carbons (Fsp3) is 0.333. The molecule has 0 atom stereocenters. The number of amides is 1. The minimum absolute atomic E-state index is 0.0949. The molecule has 0 unspecified atom stereocenters. The van der Waals surface area contributed by atoms with Gasteiger partial charge < -0.3 is 19.7 Å². The number of anilines is 1. The Kier molecular flexibility index (Phi) is 3.87. The molecule has 0 radical (unpaired) electrons. The molecule has 19 heavy (non-hydrogen) atoms. The third kappa shape index (κ3) is 2.94. The first-order valence-corrected chi connectivity index (χ1v) is 5.84. The first kappa shape index (κ1) is 13.6. The predicted octanol–water partition coefficient (Wildman–Crippen LogP) is -0.170. The Hall–Kier alpha value is -1.86. The van der Waals surface area contributed by atoms with Crippen LogP contribution in [-0.4, -0.2) is 30.4 Å². The second-order valence-corrected chi connectivity index (χ2v) is 4.35. The maximum absolute atomic E-state index is 11.3. The second kappa shape index (κ2) is 5.42. The van der Waals surface area contributed by atoms with E-state index in [2.05, 4.69) is 5.32 Å². The minimum atomic E-state index is -1.10. The van der Waals surface area contributed by atoms with Crippen LogP contribution >= 0.6 is 0 Å². The molecule has 0 saturated heterocycles. The van der Waals surface area contributed by atoms with Crippen LogP contribution in [0.1, 0.15) is 19.4 Å². The van der Waals surface area contributed by atoms with Crippen molar-refractivity contribution in [3.8, 4) is 5.75 Å². The molecule has 0 aliphatic carbocycles. The summed E-state index contributed by atoms with van der Waals surface area (Å²) in [5, 5.41) is 12.4. The van der Waals surface area contributed by atoms with Gasteiger partial charge in [0.15, 0.2) is 5.78 Å². The van der Waals surface area contributed by atoms with E-state index < -0.39 is 7.12 Å². The van der Waals surface area contributed by atoms with Crippen molar-refractivity contribution in [2.24, 2.45) is 0 Å². The standard InChI is InChI=1S/C12H14BNO5/c1-7(15)5-18-10-4-3-9-6-19-13(17)11(9)12(10)14-8(2)16/h3-4,17H,5-6H2,1-2H3,(H,14,16). The zero-order valence-electron chi connectivity index (χ0n) is 10.7. The third-order valence-electron chi connectivity index (χ3n) is 2.67. The highest BCUT2D eigenvalue weighted by Crippen LogP contribution is 2.27. The van der Waals surface area contributed by atoms with Gasteiger partial charge in [-0.25, -0.2) is 0 Å². The first-order chi connectivity index (χ1) is 8.99. The van der Waals surface area contributed by atoms with Crippen molar-refractivity contribution < 1.29 is 24.0 Å². The molecule has 1 aliphatic heterocycles. The molecule has 0 aromatic heterocycles. The molecule has 0 spiro atoms. The normalized spacial score (nSPS) is 13.1. The topological polar surface area (TPSA) is 84.9 Å². The molecule has 1 aromatic carbocycles. The van der Waals surface area contributed by atoms with Crippen LogP contribution in [0, 0.1) is 0 Å².